The van der Waals surface area contributed by atoms with E-state index in [4.69, 9.17) is 5.73 Å². The van der Waals surface area contributed by atoms with Gasteiger partial charge < -0.3 is 16.0 Å². The molecule has 1 aliphatic rings. The van der Waals surface area contributed by atoms with Crippen LogP contribution >= 0.6 is 11.3 Å². The summed E-state index contributed by atoms with van der Waals surface area (Å²) in [6.07, 6.45) is 5.39. The minimum absolute atomic E-state index is 0.568. The van der Waals surface area contributed by atoms with E-state index in [0.717, 1.165) is 10.1 Å². The molecule has 0 radical (unpaired) electrons. The van der Waals surface area contributed by atoms with E-state index >= 15 is 0 Å². The molecule has 90 valence electrons. The van der Waals surface area contributed by atoms with Crippen molar-refractivity contribution in [2.45, 2.75) is 32.2 Å². The average molecular weight is 240 g/mol. The number of thiazole rings is 1. The Hall–Kier alpha value is -0.810. The number of piperidine rings is 1. The van der Waals surface area contributed by atoms with Crippen LogP contribution < -0.4 is 11.1 Å². The number of hydrogen-bond acceptors (Lipinski definition) is 5. The number of nitrogens with zero attached hydrogens (tertiary/aromatic N) is 2. The van der Waals surface area contributed by atoms with Crippen molar-refractivity contribution in [3.63, 3.8) is 0 Å². The zero-order valence-corrected chi connectivity index (χ0v) is 10.6. The Morgan fingerprint density at radius 3 is 2.88 bits per heavy atom. The van der Waals surface area contributed by atoms with Crippen LogP contribution in [-0.2, 0) is 0 Å². The lowest BCUT2D eigenvalue weighted by molar-refractivity contribution is 0.219. The monoisotopic (exact) mass is 240 g/mol. The van der Waals surface area contributed by atoms with E-state index in [1.807, 2.05) is 0 Å². The molecule has 0 amide bonds. The van der Waals surface area contributed by atoms with Gasteiger partial charge in [0.25, 0.3) is 0 Å². The van der Waals surface area contributed by atoms with Gasteiger partial charge in [0, 0.05) is 19.1 Å². The normalized spacial score (nSPS) is 18.8. The number of nitrogens with two attached hydrogens (primary N) is 1. The van der Waals surface area contributed by atoms with Gasteiger partial charge in [-0.15, -0.1) is 0 Å². The summed E-state index contributed by atoms with van der Waals surface area (Å²) in [5.41, 5.74) is 5.65. The predicted molar refractivity (Wildman–Crippen MR) is 69.9 cm³/mol. The van der Waals surface area contributed by atoms with E-state index in [-0.39, 0.29) is 0 Å². The van der Waals surface area contributed by atoms with Gasteiger partial charge in [0.15, 0.2) is 5.13 Å². The van der Waals surface area contributed by atoms with Crippen LogP contribution in [0.2, 0.25) is 0 Å². The molecule has 3 N–H and O–H groups in total. The number of anilines is 2. The van der Waals surface area contributed by atoms with E-state index in [1.54, 1.807) is 6.20 Å². The van der Waals surface area contributed by atoms with Crippen LogP contribution in [-0.4, -0.2) is 35.6 Å². The molecule has 0 aliphatic carbocycles. The van der Waals surface area contributed by atoms with Gasteiger partial charge in [-0.2, -0.15) is 0 Å². The molecule has 0 aromatic carbocycles. The van der Waals surface area contributed by atoms with Crippen molar-refractivity contribution in [3.05, 3.63) is 6.20 Å². The van der Waals surface area contributed by atoms with E-state index < -0.39 is 0 Å². The Kier molecular flexibility index (Phi) is 4.01. The predicted octanol–water partition coefficient (Wildman–Crippen LogP) is 2.01. The molecule has 0 atom stereocenters. The summed E-state index contributed by atoms with van der Waals surface area (Å²) >= 11 is 1.53. The lowest BCUT2D eigenvalue weighted by Gasteiger charge is -2.31. The van der Waals surface area contributed by atoms with Gasteiger partial charge in [0.05, 0.1) is 6.20 Å². The van der Waals surface area contributed by atoms with Crippen LogP contribution in [0.15, 0.2) is 6.20 Å². The molecular formula is C11H20N4S. The highest BCUT2D eigenvalue weighted by atomic mass is 32.1. The van der Waals surface area contributed by atoms with Crippen molar-refractivity contribution < 1.29 is 0 Å². The smallest absolute Gasteiger partial charge is 0.184 e. The highest BCUT2D eigenvalue weighted by Gasteiger charge is 2.18. The van der Waals surface area contributed by atoms with Crippen molar-refractivity contribution in [1.82, 2.24) is 9.88 Å². The van der Waals surface area contributed by atoms with Gasteiger partial charge in [-0.1, -0.05) is 18.3 Å². The Labute approximate surface area is 101 Å². The largest absolute Gasteiger partial charge is 0.389 e. The Balaban J connectivity index is 1.77. The molecule has 16 heavy (non-hydrogen) atoms. The van der Waals surface area contributed by atoms with Gasteiger partial charge in [-0.3, -0.25) is 0 Å². The average Bonchev–Trinajstić information content (AvgIpc) is 2.67. The summed E-state index contributed by atoms with van der Waals surface area (Å²) < 4.78 is 0. The molecule has 2 rings (SSSR count). The summed E-state index contributed by atoms with van der Waals surface area (Å²) in [7, 11) is 0. The van der Waals surface area contributed by atoms with Crippen molar-refractivity contribution in [1.29, 1.82) is 0 Å². The van der Waals surface area contributed by atoms with Crippen molar-refractivity contribution in [2.75, 3.05) is 30.7 Å². The van der Waals surface area contributed by atoms with Crippen LogP contribution in [0.5, 0.6) is 0 Å². The second-order valence-corrected chi connectivity index (χ2v) is 5.39. The molecule has 0 bridgehead atoms. The van der Waals surface area contributed by atoms with Crippen molar-refractivity contribution >= 4 is 21.5 Å². The summed E-state index contributed by atoms with van der Waals surface area (Å²) in [5, 5.41) is 5.21. The standard InChI is InChI=1S/C11H20N4S/c1-2-5-15-6-3-9(4-7-15)14-11-13-8-10(12)16-11/h8-9H,2-7,12H2,1H3,(H,13,14). The molecule has 1 aromatic rings. The lowest BCUT2D eigenvalue weighted by atomic mass is 10.1. The van der Waals surface area contributed by atoms with Gasteiger partial charge in [-0.05, 0) is 25.8 Å². The maximum Gasteiger partial charge on any atom is 0.184 e. The fraction of sp³-hybridized carbons (Fsp3) is 0.727. The van der Waals surface area contributed by atoms with E-state index in [9.17, 15) is 0 Å². The van der Waals surface area contributed by atoms with Gasteiger partial charge >= 0.3 is 0 Å². The minimum atomic E-state index is 0.568. The fourth-order valence-corrected chi connectivity index (χ4v) is 2.80. The van der Waals surface area contributed by atoms with Crippen LogP contribution in [0.4, 0.5) is 10.1 Å². The number of rotatable bonds is 4. The lowest BCUT2D eigenvalue weighted by Crippen LogP contribution is -2.39. The summed E-state index contributed by atoms with van der Waals surface area (Å²) in [6.45, 7) is 5.87. The molecule has 1 saturated heterocycles. The number of likely N-dealkylation sites (tertiary alicyclic amines) is 1. The maximum absolute atomic E-state index is 5.65. The second-order valence-electron chi connectivity index (χ2n) is 4.33. The van der Waals surface area contributed by atoms with E-state index in [1.165, 1.54) is 50.2 Å². The first kappa shape index (κ1) is 11.7. The first-order chi connectivity index (χ1) is 7.78. The molecule has 1 fully saturated rings. The molecular weight excluding hydrogens is 220 g/mol. The van der Waals surface area contributed by atoms with Gasteiger partial charge in [0.1, 0.15) is 5.00 Å². The molecule has 1 aromatic heterocycles. The fourth-order valence-electron chi connectivity index (χ4n) is 2.15. The summed E-state index contributed by atoms with van der Waals surface area (Å²) in [6, 6.07) is 0.568. The molecule has 2 heterocycles. The number of nitrogen functional groups attached to an aromatic ring is 1. The Morgan fingerprint density at radius 2 is 2.31 bits per heavy atom. The van der Waals surface area contributed by atoms with Crippen LogP contribution in [0, 0.1) is 0 Å². The first-order valence-electron chi connectivity index (χ1n) is 5.98. The summed E-state index contributed by atoms with van der Waals surface area (Å²) in [5.74, 6) is 0. The quantitative estimate of drug-likeness (QED) is 0.845. The van der Waals surface area contributed by atoms with E-state index in [0.29, 0.717) is 6.04 Å². The topological polar surface area (TPSA) is 54.2 Å². The highest BCUT2D eigenvalue weighted by Crippen LogP contribution is 2.23. The number of aromatic nitrogens is 1. The third-order valence-electron chi connectivity index (χ3n) is 2.98. The molecule has 4 nitrogen and oxygen atoms in total. The third-order valence-corrected chi connectivity index (χ3v) is 3.74. The van der Waals surface area contributed by atoms with Gasteiger partial charge in [0.2, 0.25) is 0 Å². The minimum Gasteiger partial charge on any atom is -0.389 e. The zero-order chi connectivity index (χ0) is 11.4. The van der Waals surface area contributed by atoms with Crippen LogP contribution in [0.3, 0.4) is 0 Å². The van der Waals surface area contributed by atoms with Crippen LogP contribution in [0.25, 0.3) is 0 Å². The van der Waals surface area contributed by atoms with Crippen molar-refractivity contribution in [3.8, 4) is 0 Å². The number of hydrogen-bond donors (Lipinski definition) is 2. The van der Waals surface area contributed by atoms with Gasteiger partial charge in [-0.25, -0.2) is 4.98 Å². The maximum atomic E-state index is 5.65. The second kappa shape index (κ2) is 5.50. The van der Waals surface area contributed by atoms with E-state index in [2.05, 4.69) is 22.1 Å². The Morgan fingerprint density at radius 1 is 1.56 bits per heavy atom. The molecule has 0 unspecified atom stereocenters. The Bertz CT molecular complexity index is 318. The third kappa shape index (κ3) is 3.09. The molecule has 0 saturated carbocycles. The van der Waals surface area contributed by atoms with Crippen LogP contribution in [0.1, 0.15) is 26.2 Å². The number of nitrogens with one attached hydrogen (secondary N) is 1. The SMILES string of the molecule is CCCN1CCC(Nc2ncc(N)s2)CC1. The molecule has 1 aliphatic heterocycles. The first-order valence-corrected chi connectivity index (χ1v) is 6.79. The van der Waals surface area contributed by atoms with Crippen molar-refractivity contribution in [2.24, 2.45) is 0 Å². The highest BCUT2D eigenvalue weighted by molar-refractivity contribution is 7.19. The summed E-state index contributed by atoms with van der Waals surface area (Å²) in [4.78, 5) is 6.77. The molecule has 5 heteroatoms. The molecule has 0 spiro atoms. The zero-order valence-electron chi connectivity index (χ0n) is 9.78.